The van der Waals surface area contributed by atoms with E-state index in [1.165, 1.54) is 4.88 Å². The van der Waals surface area contributed by atoms with Gasteiger partial charge in [0.15, 0.2) is 0 Å². The standard InChI is InChI=1S/C12H12N2OS2/c13-12(14)10-4-3-8(6-11(10)16)15-7-9-2-1-5-17-9/h1-6,16H,7H2,(H3,13,14). The lowest BCUT2D eigenvalue weighted by molar-refractivity contribution is 0.309. The first-order chi connectivity index (χ1) is 8.16. The summed E-state index contributed by atoms with van der Waals surface area (Å²) < 4.78 is 5.62. The minimum Gasteiger partial charge on any atom is -0.488 e. The Hall–Kier alpha value is -1.46. The van der Waals surface area contributed by atoms with E-state index in [1.54, 1.807) is 29.5 Å². The average Bonchev–Trinajstić information content (AvgIpc) is 2.78. The van der Waals surface area contributed by atoms with Crippen LogP contribution in [0.2, 0.25) is 0 Å². The highest BCUT2D eigenvalue weighted by Gasteiger charge is 2.04. The van der Waals surface area contributed by atoms with Gasteiger partial charge in [-0.2, -0.15) is 0 Å². The Bertz CT molecular complexity index is 523. The molecule has 2 rings (SSSR count). The summed E-state index contributed by atoms with van der Waals surface area (Å²) in [5.74, 6) is 0.744. The topological polar surface area (TPSA) is 59.1 Å². The second-order valence-electron chi connectivity index (χ2n) is 3.46. The fraction of sp³-hybridized carbons (Fsp3) is 0.0833. The average molecular weight is 264 g/mol. The molecule has 0 amide bonds. The van der Waals surface area contributed by atoms with Crippen LogP contribution < -0.4 is 10.5 Å². The van der Waals surface area contributed by atoms with E-state index in [2.05, 4.69) is 12.6 Å². The van der Waals surface area contributed by atoms with Crippen molar-refractivity contribution in [3.05, 3.63) is 46.2 Å². The van der Waals surface area contributed by atoms with Crippen LogP contribution in [0, 0.1) is 5.41 Å². The van der Waals surface area contributed by atoms with Crippen LogP contribution in [0.4, 0.5) is 0 Å². The molecular formula is C12H12N2OS2. The number of nitrogens with one attached hydrogen (secondary N) is 1. The third-order valence-corrected chi connectivity index (χ3v) is 3.44. The Labute approximate surface area is 109 Å². The Morgan fingerprint density at radius 3 is 2.82 bits per heavy atom. The Morgan fingerprint density at radius 2 is 2.24 bits per heavy atom. The van der Waals surface area contributed by atoms with Gasteiger partial charge in [0, 0.05) is 15.3 Å². The quantitative estimate of drug-likeness (QED) is 0.452. The van der Waals surface area contributed by atoms with Crippen LogP contribution in [0.1, 0.15) is 10.4 Å². The summed E-state index contributed by atoms with van der Waals surface area (Å²) in [5, 5.41) is 9.37. The first-order valence-corrected chi connectivity index (χ1v) is 6.32. The van der Waals surface area contributed by atoms with E-state index in [0.717, 1.165) is 5.75 Å². The predicted octanol–water partition coefficient (Wildman–Crippen LogP) is 2.90. The molecule has 3 N–H and O–H groups in total. The van der Waals surface area contributed by atoms with Crippen molar-refractivity contribution in [2.24, 2.45) is 5.73 Å². The first-order valence-electron chi connectivity index (χ1n) is 4.99. The zero-order valence-electron chi connectivity index (χ0n) is 9.01. The van der Waals surface area contributed by atoms with E-state index in [1.807, 2.05) is 17.5 Å². The van der Waals surface area contributed by atoms with E-state index >= 15 is 0 Å². The molecule has 17 heavy (non-hydrogen) atoms. The third-order valence-electron chi connectivity index (χ3n) is 2.22. The van der Waals surface area contributed by atoms with Gasteiger partial charge in [0.05, 0.1) is 0 Å². The molecule has 0 unspecified atom stereocenters. The molecule has 0 saturated heterocycles. The maximum atomic E-state index is 7.35. The van der Waals surface area contributed by atoms with Crippen molar-refractivity contribution in [1.29, 1.82) is 5.41 Å². The van der Waals surface area contributed by atoms with Crippen molar-refractivity contribution in [2.45, 2.75) is 11.5 Å². The number of rotatable bonds is 4. The van der Waals surface area contributed by atoms with Crippen LogP contribution >= 0.6 is 24.0 Å². The number of ether oxygens (including phenoxy) is 1. The molecule has 1 aromatic heterocycles. The molecule has 3 nitrogen and oxygen atoms in total. The second kappa shape index (κ2) is 5.25. The van der Waals surface area contributed by atoms with Gasteiger partial charge in [-0.05, 0) is 29.6 Å². The summed E-state index contributed by atoms with van der Waals surface area (Å²) in [6.07, 6.45) is 0. The SMILES string of the molecule is N=C(N)c1ccc(OCc2cccs2)cc1S. The summed E-state index contributed by atoms with van der Waals surface area (Å²) in [7, 11) is 0. The lowest BCUT2D eigenvalue weighted by atomic mass is 10.2. The lowest BCUT2D eigenvalue weighted by Gasteiger charge is -2.08. The molecule has 2 aromatic rings. The molecule has 5 heteroatoms. The van der Waals surface area contributed by atoms with Crippen LogP contribution in [-0.2, 0) is 6.61 Å². The number of thiol groups is 1. The molecule has 0 aliphatic rings. The number of nitrogens with two attached hydrogens (primary N) is 1. The third kappa shape index (κ3) is 3.01. The number of benzene rings is 1. The molecule has 88 valence electrons. The Kier molecular flexibility index (Phi) is 3.71. The summed E-state index contributed by atoms with van der Waals surface area (Å²) in [6, 6.07) is 9.33. The lowest BCUT2D eigenvalue weighted by Crippen LogP contribution is -2.11. The van der Waals surface area contributed by atoms with Gasteiger partial charge in [0.25, 0.3) is 0 Å². The molecule has 0 saturated carbocycles. The monoisotopic (exact) mass is 264 g/mol. The van der Waals surface area contributed by atoms with Crippen molar-refractivity contribution in [3.63, 3.8) is 0 Å². The maximum Gasteiger partial charge on any atom is 0.123 e. The fourth-order valence-corrected chi connectivity index (χ4v) is 2.32. The smallest absolute Gasteiger partial charge is 0.123 e. The van der Waals surface area contributed by atoms with Crippen molar-refractivity contribution < 1.29 is 4.74 Å². The highest BCUT2D eigenvalue weighted by molar-refractivity contribution is 7.80. The predicted molar refractivity (Wildman–Crippen MR) is 73.4 cm³/mol. The van der Waals surface area contributed by atoms with E-state index in [4.69, 9.17) is 15.9 Å². The van der Waals surface area contributed by atoms with Gasteiger partial charge < -0.3 is 10.5 Å². The summed E-state index contributed by atoms with van der Waals surface area (Å²) >= 11 is 5.93. The van der Waals surface area contributed by atoms with Gasteiger partial charge in [0.1, 0.15) is 18.2 Å². The first kappa shape index (κ1) is 12.0. The highest BCUT2D eigenvalue weighted by atomic mass is 32.1. The van der Waals surface area contributed by atoms with E-state index < -0.39 is 0 Å². The number of amidine groups is 1. The van der Waals surface area contributed by atoms with Gasteiger partial charge in [-0.3, -0.25) is 5.41 Å². The van der Waals surface area contributed by atoms with Crippen LogP contribution in [0.3, 0.4) is 0 Å². The number of hydrogen-bond acceptors (Lipinski definition) is 4. The molecule has 0 aliphatic carbocycles. The molecule has 1 heterocycles. The van der Waals surface area contributed by atoms with E-state index in [-0.39, 0.29) is 5.84 Å². The largest absolute Gasteiger partial charge is 0.488 e. The number of hydrogen-bond donors (Lipinski definition) is 3. The molecule has 0 radical (unpaired) electrons. The molecule has 0 aliphatic heterocycles. The molecule has 0 atom stereocenters. The summed E-state index contributed by atoms with van der Waals surface area (Å²) in [6.45, 7) is 0.546. The van der Waals surface area contributed by atoms with E-state index in [0.29, 0.717) is 17.1 Å². The minimum atomic E-state index is 0.0137. The zero-order valence-corrected chi connectivity index (χ0v) is 10.7. The van der Waals surface area contributed by atoms with Crippen molar-refractivity contribution in [1.82, 2.24) is 0 Å². The van der Waals surface area contributed by atoms with Gasteiger partial charge in [-0.15, -0.1) is 24.0 Å². The zero-order chi connectivity index (χ0) is 12.3. The van der Waals surface area contributed by atoms with Crippen LogP contribution in [-0.4, -0.2) is 5.84 Å². The Balaban J connectivity index is 2.07. The highest BCUT2D eigenvalue weighted by Crippen LogP contribution is 2.22. The number of thiophene rings is 1. The second-order valence-corrected chi connectivity index (χ2v) is 4.97. The van der Waals surface area contributed by atoms with Crippen LogP contribution in [0.15, 0.2) is 40.6 Å². The van der Waals surface area contributed by atoms with Crippen molar-refractivity contribution >= 4 is 29.8 Å². The molecule has 1 aromatic carbocycles. The van der Waals surface area contributed by atoms with Gasteiger partial charge in [-0.25, -0.2) is 0 Å². The van der Waals surface area contributed by atoms with E-state index in [9.17, 15) is 0 Å². The normalized spacial score (nSPS) is 10.2. The van der Waals surface area contributed by atoms with Gasteiger partial charge >= 0.3 is 0 Å². The summed E-state index contributed by atoms with van der Waals surface area (Å²) in [4.78, 5) is 1.82. The van der Waals surface area contributed by atoms with Gasteiger partial charge in [-0.1, -0.05) is 6.07 Å². The number of nitrogen functional groups attached to an aromatic ring is 1. The molecule has 0 bridgehead atoms. The molecular weight excluding hydrogens is 252 g/mol. The van der Waals surface area contributed by atoms with Crippen molar-refractivity contribution in [3.8, 4) is 5.75 Å². The van der Waals surface area contributed by atoms with Crippen LogP contribution in [0.5, 0.6) is 5.75 Å². The summed E-state index contributed by atoms with van der Waals surface area (Å²) in [5.41, 5.74) is 6.03. The fourth-order valence-electron chi connectivity index (χ4n) is 1.38. The van der Waals surface area contributed by atoms with Gasteiger partial charge in [0.2, 0.25) is 0 Å². The van der Waals surface area contributed by atoms with Crippen LogP contribution in [0.25, 0.3) is 0 Å². The Morgan fingerprint density at radius 1 is 1.41 bits per heavy atom. The minimum absolute atomic E-state index is 0.0137. The molecule has 0 fully saturated rings. The molecule has 0 spiro atoms. The maximum absolute atomic E-state index is 7.35. The van der Waals surface area contributed by atoms with Crippen molar-refractivity contribution in [2.75, 3.05) is 0 Å².